The number of nitrogens with one attached hydrogen (secondary N) is 1. The zero-order chi connectivity index (χ0) is 14.1. The van der Waals surface area contributed by atoms with E-state index in [0.717, 1.165) is 5.39 Å². The molecule has 98 valence electrons. The number of ketones is 1. The number of para-hydroxylation sites is 1. The summed E-state index contributed by atoms with van der Waals surface area (Å²) < 4.78 is 0.453. The number of rotatable bonds is 2. The topological polar surface area (TPSA) is 49.9 Å². The Kier molecular flexibility index (Phi) is 3.24. The van der Waals surface area contributed by atoms with Gasteiger partial charge in [0.1, 0.15) is 0 Å². The normalized spacial score (nSPS) is 10.7. The summed E-state index contributed by atoms with van der Waals surface area (Å²) in [6, 6.07) is 16.1. The summed E-state index contributed by atoms with van der Waals surface area (Å²) in [7, 11) is 0. The van der Waals surface area contributed by atoms with Gasteiger partial charge in [0.2, 0.25) is 0 Å². The lowest BCUT2D eigenvalue weighted by atomic mass is 10.0. The molecule has 0 aliphatic rings. The number of hydrogen-bond acceptors (Lipinski definition) is 2. The van der Waals surface area contributed by atoms with Crippen molar-refractivity contribution in [2.45, 2.75) is 0 Å². The highest BCUT2D eigenvalue weighted by molar-refractivity contribution is 9.10. The SMILES string of the molecule is O=C(c1ccccc1)c1cccc2cc(Br)c(=O)[nH]c12. The predicted octanol–water partition coefficient (Wildman–Crippen LogP) is 3.52. The van der Waals surface area contributed by atoms with Crippen LogP contribution in [-0.4, -0.2) is 10.8 Å². The smallest absolute Gasteiger partial charge is 0.262 e. The van der Waals surface area contributed by atoms with Crippen molar-refractivity contribution in [3.63, 3.8) is 0 Å². The number of hydrogen-bond donors (Lipinski definition) is 1. The van der Waals surface area contributed by atoms with Crippen LogP contribution < -0.4 is 5.56 Å². The van der Waals surface area contributed by atoms with E-state index >= 15 is 0 Å². The minimum absolute atomic E-state index is 0.103. The monoisotopic (exact) mass is 327 g/mol. The third kappa shape index (κ3) is 2.18. The molecular weight excluding hydrogens is 318 g/mol. The molecule has 20 heavy (non-hydrogen) atoms. The first-order valence-corrected chi connectivity index (χ1v) is 6.87. The molecule has 1 heterocycles. The van der Waals surface area contributed by atoms with Gasteiger partial charge in [-0.3, -0.25) is 9.59 Å². The second-order valence-electron chi connectivity index (χ2n) is 4.41. The molecule has 0 aliphatic carbocycles. The number of carbonyl (C=O) groups is 1. The number of fused-ring (bicyclic) bond motifs is 1. The Hall–Kier alpha value is -2.20. The predicted molar refractivity (Wildman–Crippen MR) is 82.1 cm³/mol. The Morgan fingerprint density at radius 2 is 1.75 bits per heavy atom. The molecule has 2 aromatic carbocycles. The number of carbonyl (C=O) groups excluding carboxylic acids is 1. The number of benzene rings is 2. The van der Waals surface area contributed by atoms with Gasteiger partial charge < -0.3 is 4.98 Å². The van der Waals surface area contributed by atoms with E-state index in [0.29, 0.717) is 21.1 Å². The second-order valence-corrected chi connectivity index (χ2v) is 5.27. The Bertz CT molecular complexity index is 853. The van der Waals surface area contributed by atoms with E-state index in [1.54, 1.807) is 24.3 Å². The van der Waals surface area contributed by atoms with Gasteiger partial charge in [-0.1, -0.05) is 42.5 Å². The Morgan fingerprint density at radius 1 is 1.00 bits per heavy atom. The van der Waals surface area contributed by atoms with Gasteiger partial charge >= 0.3 is 0 Å². The lowest BCUT2D eigenvalue weighted by molar-refractivity contribution is 0.104. The van der Waals surface area contributed by atoms with Gasteiger partial charge in [0.25, 0.3) is 5.56 Å². The third-order valence-corrected chi connectivity index (χ3v) is 3.70. The first-order valence-electron chi connectivity index (χ1n) is 6.08. The molecule has 0 radical (unpaired) electrons. The highest BCUT2D eigenvalue weighted by Gasteiger charge is 2.13. The Balaban J connectivity index is 2.24. The average molecular weight is 328 g/mol. The molecule has 0 saturated carbocycles. The summed E-state index contributed by atoms with van der Waals surface area (Å²) >= 11 is 3.19. The lowest BCUT2D eigenvalue weighted by Gasteiger charge is -2.06. The van der Waals surface area contributed by atoms with Crippen molar-refractivity contribution in [1.82, 2.24) is 4.98 Å². The molecule has 4 heteroatoms. The summed E-state index contributed by atoms with van der Waals surface area (Å²) in [6.45, 7) is 0. The maximum atomic E-state index is 12.5. The van der Waals surface area contributed by atoms with Crippen LogP contribution in [0.2, 0.25) is 0 Å². The number of H-pyrrole nitrogens is 1. The van der Waals surface area contributed by atoms with E-state index < -0.39 is 0 Å². The largest absolute Gasteiger partial charge is 0.320 e. The number of pyridine rings is 1. The molecular formula is C16H10BrNO2. The highest BCUT2D eigenvalue weighted by atomic mass is 79.9. The zero-order valence-corrected chi connectivity index (χ0v) is 12.0. The van der Waals surface area contributed by atoms with Crippen LogP contribution in [-0.2, 0) is 0 Å². The van der Waals surface area contributed by atoms with E-state index in [2.05, 4.69) is 20.9 Å². The van der Waals surface area contributed by atoms with Gasteiger partial charge in [0.15, 0.2) is 5.78 Å². The molecule has 0 unspecified atom stereocenters. The summed E-state index contributed by atoms with van der Waals surface area (Å²) in [4.78, 5) is 27.0. The van der Waals surface area contributed by atoms with Crippen LogP contribution in [0.1, 0.15) is 15.9 Å². The van der Waals surface area contributed by atoms with E-state index in [1.807, 2.05) is 30.3 Å². The van der Waals surface area contributed by atoms with Gasteiger partial charge in [-0.05, 0) is 28.1 Å². The molecule has 0 aliphatic heterocycles. The van der Waals surface area contributed by atoms with Crippen LogP contribution in [0.3, 0.4) is 0 Å². The lowest BCUT2D eigenvalue weighted by Crippen LogP contribution is -2.10. The maximum absolute atomic E-state index is 12.5. The third-order valence-electron chi connectivity index (χ3n) is 3.11. The van der Waals surface area contributed by atoms with Crippen LogP contribution >= 0.6 is 15.9 Å². The fraction of sp³-hybridized carbons (Fsp3) is 0. The fourth-order valence-corrected chi connectivity index (χ4v) is 2.49. The van der Waals surface area contributed by atoms with Gasteiger partial charge in [0, 0.05) is 16.5 Å². The first-order chi connectivity index (χ1) is 9.66. The van der Waals surface area contributed by atoms with Crippen molar-refractivity contribution < 1.29 is 4.79 Å². The fourth-order valence-electron chi connectivity index (χ4n) is 2.14. The van der Waals surface area contributed by atoms with E-state index in [1.165, 1.54) is 0 Å². The van der Waals surface area contributed by atoms with Gasteiger partial charge in [-0.15, -0.1) is 0 Å². The summed E-state index contributed by atoms with van der Waals surface area (Å²) in [6.07, 6.45) is 0. The summed E-state index contributed by atoms with van der Waals surface area (Å²) in [5, 5.41) is 0.818. The van der Waals surface area contributed by atoms with Crippen LogP contribution in [0.5, 0.6) is 0 Å². The molecule has 0 fully saturated rings. The van der Waals surface area contributed by atoms with Crippen molar-refractivity contribution in [3.8, 4) is 0 Å². The van der Waals surface area contributed by atoms with Gasteiger partial charge in [-0.2, -0.15) is 0 Å². The van der Waals surface area contributed by atoms with E-state index in [-0.39, 0.29) is 11.3 Å². The molecule has 1 aromatic heterocycles. The molecule has 3 nitrogen and oxygen atoms in total. The molecule has 0 saturated heterocycles. The van der Waals surface area contributed by atoms with Crippen LogP contribution in [0.4, 0.5) is 0 Å². The van der Waals surface area contributed by atoms with Crippen LogP contribution in [0.25, 0.3) is 10.9 Å². The number of aromatic amines is 1. The molecule has 1 N–H and O–H groups in total. The van der Waals surface area contributed by atoms with E-state index in [9.17, 15) is 9.59 Å². The average Bonchev–Trinajstić information content (AvgIpc) is 2.48. The number of halogens is 1. The zero-order valence-electron chi connectivity index (χ0n) is 10.4. The number of aromatic nitrogens is 1. The minimum Gasteiger partial charge on any atom is -0.320 e. The summed E-state index contributed by atoms with van der Waals surface area (Å²) in [5.41, 5.74) is 1.42. The first kappa shape index (κ1) is 12.8. The molecule has 3 rings (SSSR count). The molecule has 0 spiro atoms. The van der Waals surface area contributed by atoms with Gasteiger partial charge in [-0.25, -0.2) is 0 Å². The van der Waals surface area contributed by atoms with Crippen molar-refractivity contribution in [1.29, 1.82) is 0 Å². The Morgan fingerprint density at radius 3 is 2.50 bits per heavy atom. The van der Waals surface area contributed by atoms with Crippen molar-refractivity contribution in [3.05, 3.63) is 80.6 Å². The van der Waals surface area contributed by atoms with Gasteiger partial charge in [0.05, 0.1) is 9.99 Å². The van der Waals surface area contributed by atoms with Crippen LogP contribution in [0, 0.1) is 0 Å². The van der Waals surface area contributed by atoms with Crippen molar-refractivity contribution >= 4 is 32.6 Å². The van der Waals surface area contributed by atoms with Crippen molar-refractivity contribution in [2.75, 3.05) is 0 Å². The van der Waals surface area contributed by atoms with Crippen molar-refractivity contribution in [2.24, 2.45) is 0 Å². The molecule has 3 aromatic rings. The molecule has 0 atom stereocenters. The highest BCUT2D eigenvalue weighted by Crippen LogP contribution is 2.20. The second kappa shape index (κ2) is 5.06. The van der Waals surface area contributed by atoms with E-state index in [4.69, 9.17) is 0 Å². The Labute approximate surface area is 123 Å². The maximum Gasteiger partial charge on any atom is 0.262 e. The van der Waals surface area contributed by atoms with Crippen LogP contribution in [0.15, 0.2) is 63.9 Å². The minimum atomic E-state index is -0.245. The molecule has 0 amide bonds. The quantitative estimate of drug-likeness (QED) is 0.732. The molecule has 0 bridgehead atoms. The summed E-state index contributed by atoms with van der Waals surface area (Å²) in [5.74, 6) is -0.103. The standard InChI is InChI=1S/C16H10BrNO2/c17-13-9-11-7-4-8-12(14(11)18-16(13)20)15(19)10-5-2-1-3-6-10/h1-9H,(H,18,20).